The van der Waals surface area contributed by atoms with E-state index in [4.69, 9.17) is 0 Å². The number of hydrogen-bond acceptors (Lipinski definition) is 2. The molecule has 2 aliphatic heterocycles. The van der Waals surface area contributed by atoms with E-state index in [1.807, 2.05) is 6.92 Å². The average Bonchev–Trinajstić information content (AvgIpc) is 2.15. The monoisotopic (exact) mass is 223 g/mol. The molecule has 2 atom stereocenters. The minimum Gasteiger partial charge on any atom is -0.388 e. The molecule has 2 nitrogen and oxygen atoms in total. The Morgan fingerprint density at radius 2 is 2.19 bits per heavy atom. The third kappa shape index (κ3) is 2.49. The number of rotatable bonds is 1. The SMILES string of the molecule is CC(C)/C=C1\CN2CCCC[C@H]2[C@@](C)(O)C1. The fourth-order valence-corrected chi connectivity index (χ4v) is 3.36. The zero-order valence-corrected chi connectivity index (χ0v) is 10.9. The molecule has 0 aliphatic carbocycles. The van der Waals surface area contributed by atoms with Crippen molar-refractivity contribution in [1.82, 2.24) is 4.90 Å². The van der Waals surface area contributed by atoms with Crippen molar-refractivity contribution in [3.05, 3.63) is 11.6 Å². The van der Waals surface area contributed by atoms with E-state index in [0.29, 0.717) is 12.0 Å². The molecular formula is C14H25NO. The number of hydrogen-bond donors (Lipinski definition) is 1. The van der Waals surface area contributed by atoms with Crippen LogP contribution in [-0.2, 0) is 0 Å². The molecule has 0 unspecified atom stereocenters. The van der Waals surface area contributed by atoms with Crippen LogP contribution in [0.25, 0.3) is 0 Å². The molecule has 2 fully saturated rings. The smallest absolute Gasteiger partial charge is 0.0811 e. The lowest BCUT2D eigenvalue weighted by molar-refractivity contribution is -0.0641. The molecule has 0 bridgehead atoms. The lowest BCUT2D eigenvalue weighted by Crippen LogP contribution is -2.57. The molecule has 0 radical (unpaired) electrons. The summed E-state index contributed by atoms with van der Waals surface area (Å²) in [7, 11) is 0. The molecular weight excluding hydrogens is 198 g/mol. The van der Waals surface area contributed by atoms with E-state index in [-0.39, 0.29) is 0 Å². The van der Waals surface area contributed by atoms with Gasteiger partial charge in [0.05, 0.1) is 5.60 Å². The summed E-state index contributed by atoms with van der Waals surface area (Å²) in [5.74, 6) is 0.590. The van der Waals surface area contributed by atoms with Crippen LogP contribution in [0.15, 0.2) is 11.6 Å². The summed E-state index contributed by atoms with van der Waals surface area (Å²) in [6, 6.07) is 0.394. The summed E-state index contributed by atoms with van der Waals surface area (Å²) in [4.78, 5) is 2.49. The second kappa shape index (κ2) is 4.50. The maximum absolute atomic E-state index is 10.6. The first-order valence-electron chi connectivity index (χ1n) is 6.65. The van der Waals surface area contributed by atoms with Crippen molar-refractivity contribution >= 4 is 0 Å². The van der Waals surface area contributed by atoms with Gasteiger partial charge in [0.2, 0.25) is 0 Å². The molecule has 2 aliphatic rings. The van der Waals surface area contributed by atoms with E-state index >= 15 is 0 Å². The molecule has 2 rings (SSSR count). The van der Waals surface area contributed by atoms with Crippen molar-refractivity contribution in [2.75, 3.05) is 13.1 Å². The van der Waals surface area contributed by atoms with Gasteiger partial charge in [-0.2, -0.15) is 0 Å². The lowest BCUT2D eigenvalue weighted by atomic mass is 9.78. The molecule has 0 aromatic heterocycles. The molecule has 92 valence electrons. The number of allylic oxidation sites excluding steroid dienone is 1. The van der Waals surface area contributed by atoms with E-state index in [2.05, 4.69) is 24.8 Å². The first-order valence-corrected chi connectivity index (χ1v) is 6.65. The Morgan fingerprint density at radius 3 is 2.88 bits per heavy atom. The van der Waals surface area contributed by atoms with Crippen molar-refractivity contribution < 1.29 is 5.11 Å². The highest BCUT2D eigenvalue weighted by Gasteiger charge is 2.41. The van der Waals surface area contributed by atoms with Crippen LogP contribution >= 0.6 is 0 Å². The molecule has 16 heavy (non-hydrogen) atoms. The Bertz CT molecular complexity index is 280. The average molecular weight is 223 g/mol. The molecule has 0 spiro atoms. The molecule has 0 aromatic rings. The van der Waals surface area contributed by atoms with Crippen LogP contribution < -0.4 is 0 Å². The Kier molecular flexibility index (Phi) is 3.41. The Morgan fingerprint density at radius 1 is 1.44 bits per heavy atom. The third-order valence-corrected chi connectivity index (χ3v) is 3.89. The maximum atomic E-state index is 10.6. The summed E-state index contributed by atoms with van der Waals surface area (Å²) in [6.45, 7) is 8.69. The Hall–Kier alpha value is -0.340. The standard InChI is InChI=1S/C14H25NO/c1-11(2)8-12-9-14(3,16)13-6-4-5-7-15(13)10-12/h8,11,13,16H,4-7,9-10H2,1-3H3/b12-8-/t13-,14-/m0/s1. The van der Waals surface area contributed by atoms with Gasteiger partial charge in [0.1, 0.15) is 0 Å². The van der Waals surface area contributed by atoms with Gasteiger partial charge in [-0.3, -0.25) is 4.90 Å². The summed E-state index contributed by atoms with van der Waals surface area (Å²) in [6.07, 6.45) is 6.94. The van der Waals surface area contributed by atoms with Crippen LogP contribution in [0.5, 0.6) is 0 Å². The van der Waals surface area contributed by atoms with Crippen LogP contribution in [0.1, 0.15) is 46.5 Å². The fraction of sp³-hybridized carbons (Fsp3) is 0.857. The minimum atomic E-state index is -0.514. The Labute approximate surface area is 99.3 Å². The maximum Gasteiger partial charge on any atom is 0.0811 e. The van der Waals surface area contributed by atoms with Gasteiger partial charge in [0.15, 0.2) is 0 Å². The molecule has 0 saturated carbocycles. The number of nitrogens with zero attached hydrogens (tertiary/aromatic N) is 1. The van der Waals surface area contributed by atoms with Crippen molar-refractivity contribution in [3.8, 4) is 0 Å². The van der Waals surface area contributed by atoms with Gasteiger partial charge < -0.3 is 5.11 Å². The number of aliphatic hydroxyl groups is 1. The van der Waals surface area contributed by atoms with Gasteiger partial charge in [-0.05, 0) is 38.6 Å². The largest absolute Gasteiger partial charge is 0.388 e. The van der Waals surface area contributed by atoms with Crippen LogP contribution in [0, 0.1) is 5.92 Å². The van der Waals surface area contributed by atoms with Crippen LogP contribution in [0.3, 0.4) is 0 Å². The van der Waals surface area contributed by atoms with Crippen LogP contribution in [0.2, 0.25) is 0 Å². The van der Waals surface area contributed by atoms with Gasteiger partial charge >= 0.3 is 0 Å². The van der Waals surface area contributed by atoms with Gasteiger partial charge in [-0.25, -0.2) is 0 Å². The van der Waals surface area contributed by atoms with E-state index in [1.54, 1.807) is 0 Å². The highest BCUT2D eigenvalue weighted by Crippen LogP contribution is 2.36. The molecule has 0 aromatic carbocycles. The van der Waals surface area contributed by atoms with Gasteiger partial charge in [-0.15, -0.1) is 0 Å². The predicted octanol–water partition coefficient (Wildman–Crippen LogP) is 2.58. The van der Waals surface area contributed by atoms with Crippen molar-refractivity contribution in [3.63, 3.8) is 0 Å². The second-order valence-corrected chi connectivity index (χ2v) is 6.08. The lowest BCUT2D eigenvalue weighted by Gasteiger charge is -2.49. The molecule has 2 saturated heterocycles. The summed E-state index contributed by atoms with van der Waals surface area (Å²) in [5.41, 5.74) is 0.914. The van der Waals surface area contributed by atoms with Crippen molar-refractivity contribution in [2.24, 2.45) is 5.92 Å². The zero-order valence-electron chi connectivity index (χ0n) is 10.9. The molecule has 2 heteroatoms. The van der Waals surface area contributed by atoms with Crippen LogP contribution in [0.4, 0.5) is 0 Å². The number of fused-ring (bicyclic) bond motifs is 1. The highest BCUT2D eigenvalue weighted by molar-refractivity contribution is 5.16. The molecule has 1 N–H and O–H groups in total. The minimum absolute atomic E-state index is 0.394. The molecule has 0 amide bonds. The summed E-state index contributed by atoms with van der Waals surface area (Å²) >= 11 is 0. The topological polar surface area (TPSA) is 23.5 Å². The van der Waals surface area contributed by atoms with E-state index in [0.717, 1.165) is 19.5 Å². The third-order valence-electron chi connectivity index (χ3n) is 3.89. The van der Waals surface area contributed by atoms with Gasteiger partial charge in [-0.1, -0.05) is 31.9 Å². The Balaban J connectivity index is 2.15. The van der Waals surface area contributed by atoms with Gasteiger partial charge in [0, 0.05) is 12.6 Å². The fourth-order valence-electron chi connectivity index (χ4n) is 3.36. The zero-order chi connectivity index (χ0) is 11.8. The first kappa shape index (κ1) is 12.1. The normalized spacial score (nSPS) is 39.1. The van der Waals surface area contributed by atoms with E-state index in [1.165, 1.54) is 24.8 Å². The van der Waals surface area contributed by atoms with Crippen molar-refractivity contribution in [2.45, 2.75) is 58.1 Å². The predicted molar refractivity (Wildman–Crippen MR) is 67.4 cm³/mol. The van der Waals surface area contributed by atoms with Crippen LogP contribution in [-0.4, -0.2) is 34.7 Å². The molecule has 2 heterocycles. The van der Waals surface area contributed by atoms with Gasteiger partial charge in [0.25, 0.3) is 0 Å². The second-order valence-electron chi connectivity index (χ2n) is 6.08. The quantitative estimate of drug-likeness (QED) is 0.691. The summed E-state index contributed by atoms with van der Waals surface area (Å²) < 4.78 is 0. The summed E-state index contributed by atoms with van der Waals surface area (Å²) in [5, 5.41) is 10.6. The van der Waals surface area contributed by atoms with E-state index < -0.39 is 5.60 Å². The van der Waals surface area contributed by atoms with E-state index in [9.17, 15) is 5.11 Å². The van der Waals surface area contributed by atoms with Crippen molar-refractivity contribution in [1.29, 1.82) is 0 Å². The highest BCUT2D eigenvalue weighted by atomic mass is 16.3. The number of piperidine rings is 2. The first-order chi connectivity index (χ1) is 7.49.